The van der Waals surface area contributed by atoms with Gasteiger partial charge in [0.2, 0.25) is 0 Å². The predicted octanol–water partition coefficient (Wildman–Crippen LogP) is 4.05. The highest BCUT2D eigenvalue weighted by Gasteiger charge is 2.11. The van der Waals surface area contributed by atoms with Gasteiger partial charge in [-0.15, -0.1) is 0 Å². The highest BCUT2D eigenvalue weighted by atomic mass is 16.5. The zero-order valence-electron chi connectivity index (χ0n) is 15.6. The third-order valence-corrected chi connectivity index (χ3v) is 4.45. The summed E-state index contributed by atoms with van der Waals surface area (Å²) in [5.41, 5.74) is 3.78. The predicted molar refractivity (Wildman–Crippen MR) is 103 cm³/mol. The number of fused-ring (bicyclic) bond motifs is 1. The Hall–Kier alpha value is -2.49. The Labute approximate surface area is 155 Å². The molecule has 138 valence electrons. The lowest BCUT2D eigenvalue weighted by molar-refractivity contribution is -0.123. The van der Waals surface area contributed by atoms with Crippen LogP contribution in [0.25, 0.3) is 0 Å². The van der Waals surface area contributed by atoms with Crippen LogP contribution >= 0.6 is 0 Å². The van der Waals surface area contributed by atoms with Crippen molar-refractivity contribution in [2.24, 2.45) is 0 Å². The maximum atomic E-state index is 12.1. The molecule has 26 heavy (non-hydrogen) atoms. The first kappa shape index (κ1) is 18.3. The number of nitrogens with one attached hydrogen (secondary N) is 1. The van der Waals surface area contributed by atoms with Crippen LogP contribution in [0.15, 0.2) is 42.5 Å². The topological polar surface area (TPSA) is 47.6 Å². The molecule has 0 saturated carbocycles. The number of hydrogen-bond donors (Lipinski definition) is 1. The van der Waals surface area contributed by atoms with Gasteiger partial charge in [0, 0.05) is 6.54 Å². The molecule has 1 aliphatic rings. The molecule has 1 amide bonds. The molecule has 0 aromatic heterocycles. The minimum absolute atomic E-state index is 0.0287. The number of hydrogen-bond acceptors (Lipinski definition) is 3. The van der Waals surface area contributed by atoms with Gasteiger partial charge in [0.05, 0.1) is 6.10 Å². The first-order valence-corrected chi connectivity index (χ1v) is 9.37. The minimum Gasteiger partial charge on any atom is -0.491 e. The average molecular weight is 353 g/mol. The summed E-state index contributed by atoms with van der Waals surface area (Å²) in [4.78, 5) is 12.1. The lowest BCUT2D eigenvalue weighted by Gasteiger charge is -2.16. The summed E-state index contributed by atoms with van der Waals surface area (Å²) in [5.74, 6) is 1.46. The second-order valence-electron chi connectivity index (χ2n) is 7.02. The molecular weight excluding hydrogens is 326 g/mol. The summed E-state index contributed by atoms with van der Waals surface area (Å²) >= 11 is 0. The molecular formula is C22H27NO3. The number of aryl methyl sites for hydroxylation is 2. The Morgan fingerprint density at radius 3 is 2.65 bits per heavy atom. The van der Waals surface area contributed by atoms with E-state index >= 15 is 0 Å². The summed E-state index contributed by atoms with van der Waals surface area (Å²) in [7, 11) is 0. The number of carbonyl (C=O) groups is 1. The maximum absolute atomic E-state index is 12.1. The van der Waals surface area contributed by atoms with Crippen molar-refractivity contribution in [2.75, 3.05) is 6.61 Å². The van der Waals surface area contributed by atoms with Crippen LogP contribution < -0.4 is 14.8 Å². The molecule has 0 unspecified atom stereocenters. The second-order valence-corrected chi connectivity index (χ2v) is 7.02. The fraction of sp³-hybridized carbons (Fsp3) is 0.409. The summed E-state index contributed by atoms with van der Waals surface area (Å²) in [6.07, 6.45) is 4.88. The van der Waals surface area contributed by atoms with E-state index in [0.29, 0.717) is 6.54 Å². The van der Waals surface area contributed by atoms with E-state index in [0.717, 1.165) is 29.9 Å². The molecule has 0 aliphatic heterocycles. The normalized spacial score (nSPS) is 13.2. The molecule has 0 atom stereocenters. The zero-order chi connectivity index (χ0) is 18.4. The van der Waals surface area contributed by atoms with Crippen LogP contribution in [0.3, 0.4) is 0 Å². The molecule has 4 nitrogen and oxygen atoms in total. The van der Waals surface area contributed by atoms with Gasteiger partial charge < -0.3 is 14.8 Å². The largest absolute Gasteiger partial charge is 0.491 e. The average Bonchev–Trinajstić information content (AvgIpc) is 2.64. The van der Waals surface area contributed by atoms with Crippen LogP contribution in [-0.2, 0) is 24.2 Å². The van der Waals surface area contributed by atoms with E-state index in [4.69, 9.17) is 9.47 Å². The van der Waals surface area contributed by atoms with Crippen molar-refractivity contribution in [1.82, 2.24) is 5.32 Å². The molecule has 0 radical (unpaired) electrons. The van der Waals surface area contributed by atoms with E-state index in [-0.39, 0.29) is 18.6 Å². The van der Waals surface area contributed by atoms with Gasteiger partial charge in [-0.25, -0.2) is 0 Å². The van der Waals surface area contributed by atoms with Gasteiger partial charge in [0.25, 0.3) is 5.91 Å². The number of carbonyl (C=O) groups excluding carboxylic acids is 1. The summed E-state index contributed by atoms with van der Waals surface area (Å²) < 4.78 is 11.3. The van der Waals surface area contributed by atoms with Gasteiger partial charge in [-0.05, 0) is 80.5 Å². The van der Waals surface area contributed by atoms with Gasteiger partial charge in [-0.2, -0.15) is 0 Å². The standard InChI is InChI=1S/C22H27NO3/c1-16(2)26-21-9-5-6-17(12-21)14-23-22(24)15-25-20-11-10-18-7-3-4-8-19(18)13-20/h5-6,9-13,16H,3-4,7-8,14-15H2,1-2H3,(H,23,24). The maximum Gasteiger partial charge on any atom is 0.258 e. The van der Waals surface area contributed by atoms with Crippen LogP contribution in [0.5, 0.6) is 11.5 Å². The van der Waals surface area contributed by atoms with Crippen molar-refractivity contribution in [3.63, 3.8) is 0 Å². The van der Waals surface area contributed by atoms with Gasteiger partial charge >= 0.3 is 0 Å². The quantitative estimate of drug-likeness (QED) is 0.817. The molecule has 3 rings (SSSR count). The van der Waals surface area contributed by atoms with Crippen LogP contribution in [0.2, 0.25) is 0 Å². The van der Waals surface area contributed by atoms with Crippen molar-refractivity contribution in [3.8, 4) is 11.5 Å². The fourth-order valence-corrected chi connectivity index (χ4v) is 3.20. The lowest BCUT2D eigenvalue weighted by atomic mass is 9.92. The molecule has 2 aromatic rings. The molecule has 1 aliphatic carbocycles. The minimum atomic E-state index is -0.127. The number of ether oxygens (including phenoxy) is 2. The monoisotopic (exact) mass is 353 g/mol. The Balaban J connectivity index is 1.47. The van der Waals surface area contributed by atoms with E-state index < -0.39 is 0 Å². The fourth-order valence-electron chi connectivity index (χ4n) is 3.20. The molecule has 0 saturated heterocycles. The van der Waals surface area contributed by atoms with Crippen LogP contribution in [0, 0.1) is 0 Å². The zero-order valence-corrected chi connectivity index (χ0v) is 15.6. The summed E-state index contributed by atoms with van der Waals surface area (Å²) in [5, 5.41) is 2.89. The Morgan fingerprint density at radius 2 is 1.85 bits per heavy atom. The molecule has 0 heterocycles. The molecule has 0 bridgehead atoms. The SMILES string of the molecule is CC(C)Oc1cccc(CNC(=O)COc2ccc3c(c2)CCCC3)c1. The Morgan fingerprint density at radius 1 is 1.04 bits per heavy atom. The third kappa shape index (κ3) is 5.25. The number of amides is 1. The van der Waals surface area contributed by atoms with E-state index in [2.05, 4.69) is 17.4 Å². The number of benzene rings is 2. The molecule has 4 heteroatoms. The van der Waals surface area contributed by atoms with Crippen molar-refractivity contribution in [3.05, 3.63) is 59.2 Å². The van der Waals surface area contributed by atoms with Crippen LogP contribution in [0.4, 0.5) is 0 Å². The Kier molecular flexibility index (Phi) is 6.16. The van der Waals surface area contributed by atoms with Gasteiger partial charge in [0.15, 0.2) is 6.61 Å². The van der Waals surface area contributed by atoms with Crippen molar-refractivity contribution in [1.29, 1.82) is 0 Å². The van der Waals surface area contributed by atoms with Gasteiger partial charge in [-0.3, -0.25) is 4.79 Å². The lowest BCUT2D eigenvalue weighted by Crippen LogP contribution is -2.28. The molecule has 0 spiro atoms. The third-order valence-electron chi connectivity index (χ3n) is 4.45. The van der Waals surface area contributed by atoms with Crippen molar-refractivity contribution in [2.45, 2.75) is 52.2 Å². The first-order chi connectivity index (χ1) is 12.6. The number of rotatable bonds is 7. The van der Waals surface area contributed by atoms with Gasteiger partial charge in [-0.1, -0.05) is 18.2 Å². The van der Waals surface area contributed by atoms with Crippen LogP contribution in [-0.4, -0.2) is 18.6 Å². The molecule has 0 fully saturated rings. The second kappa shape index (κ2) is 8.75. The summed E-state index contributed by atoms with van der Waals surface area (Å²) in [6.45, 7) is 4.47. The highest BCUT2D eigenvalue weighted by molar-refractivity contribution is 5.77. The van der Waals surface area contributed by atoms with Crippen molar-refractivity contribution < 1.29 is 14.3 Å². The smallest absolute Gasteiger partial charge is 0.258 e. The molecule has 2 aromatic carbocycles. The van der Waals surface area contributed by atoms with E-state index in [9.17, 15) is 4.79 Å². The van der Waals surface area contributed by atoms with Crippen molar-refractivity contribution >= 4 is 5.91 Å². The molecule has 1 N–H and O–H groups in total. The highest BCUT2D eigenvalue weighted by Crippen LogP contribution is 2.25. The Bertz CT molecular complexity index is 755. The van der Waals surface area contributed by atoms with Crippen LogP contribution in [0.1, 0.15) is 43.4 Å². The van der Waals surface area contributed by atoms with E-state index in [1.54, 1.807) is 0 Å². The van der Waals surface area contributed by atoms with E-state index in [1.165, 1.54) is 24.0 Å². The summed E-state index contributed by atoms with van der Waals surface area (Å²) in [6, 6.07) is 13.9. The first-order valence-electron chi connectivity index (χ1n) is 9.37. The van der Waals surface area contributed by atoms with Gasteiger partial charge in [0.1, 0.15) is 11.5 Å². The van der Waals surface area contributed by atoms with E-state index in [1.807, 2.05) is 44.2 Å².